The van der Waals surface area contributed by atoms with Gasteiger partial charge >= 0.3 is 12.1 Å². The highest BCUT2D eigenvalue weighted by Gasteiger charge is 2.37. The Balaban J connectivity index is 2.81. The minimum Gasteiger partial charge on any atom is -0.480 e. The summed E-state index contributed by atoms with van der Waals surface area (Å²) in [5.74, 6) is -2.22. The zero-order valence-electron chi connectivity index (χ0n) is 10.9. The van der Waals surface area contributed by atoms with Gasteiger partial charge in [0.05, 0.1) is 5.75 Å². The molecule has 5 nitrogen and oxygen atoms in total. The maximum Gasteiger partial charge on any atom is 0.402 e. The predicted octanol–water partition coefficient (Wildman–Crippen LogP) is 1.51. The molecule has 0 aliphatic carbocycles. The smallest absolute Gasteiger partial charge is 0.402 e. The fraction of sp³-hybridized carbons (Fsp3) is 0.417. The van der Waals surface area contributed by atoms with Gasteiger partial charge < -0.3 is 5.11 Å². The highest BCUT2D eigenvalue weighted by molar-refractivity contribution is 7.89. The number of rotatable bonds is 7. The fourth-order valence-corrected chi connectivity index (χ4v) is 3.03. The number of aryl methyl sites for hydroxylation is 1. The van der Waals surface area contributed by atoms with Crippen LogP contribution >= 0.6 is 0 Å². The maximum atomic E-state index is 12.4. The van der Waals surface area contributed by atoms with Gasteiger partial charge in [-0.15, -0.1) is 0 Å². The summed E-state index contributed by atoms with van der Waals surface area (Å²) < 4.78 is 60.8. The van der Waals surface area contributed by atoms with Gasteiger partial charge in [-0.1, -0.05) is 30.3 Å². The molecule has 0 aliphatic rings. The lowest BCUT2D eigenvalue weighted by molar-refractivity contribution is -0.146. The second-order valence-electron chi connectivity index (χ2n) is 4.33. The van der Waals surface area contributed by atoms with E-state index in [0.29, 0.717) is 5.56 Å². The Morgan fingerprint density at radius 3 is 2.24 bits per heavy atom. The topological polar surface area (TPSA) is 74.7 Å². The van der Waals surface area contributed by atoms with Gasteiger partial charge in [0.15, 0.2) is 0 Å². The van der Waals surface area contributed by atoms with E-state index in [9.17, 15) is 26.4 Å². The molecule has 118 valence electrons. The Kier molecular flexibility index (Phi) is 5.73. The standard InChI is InChI=1S/C12H14F3NO4S/c13-12(14,15)9-16(8-11(17)18)21(19,20)7-6-10-4-2-1-3-5-10/h1-5H,6-9H2,(H,17,18). The van der Waals surface area contributed by atoms with E-state index in [1.807, 2.05) is 0 Å². The van der Waals surface area contributed by atoms with Crippen molar-refractivity contribution in [1.29, 1.82) is 0 Å². The van der Waals surface area contributed by atoms with Crippen molar-refractivity contribution in [2.24, 2.45) is 0 Å². The molecule has 1 aromatic carbocycles. The number of sulfonamides is 1. The summed E-state index contributed by atoms with van der Waals surface area (Å²) in [4.78, 5) is 10.5. The molecule has 0 aromatic heterocycles. The van der Waals surface area contributed by atoms with Crippen LogP contribution < -0.4 is 0 Å². The third-order valence-electron chi connectivity index (χ3n) is 2.55. The van der Waals surface area contributed by atoms with Gasteiger partial charge in [-0.25, -0.2) is 8.42 Å². The van der Waals surface area contributed by atoms with Crippen molar-refractivity contribution in [3.05, 3.63) is 35.9 Å². The van der Waals surface area contributed by atoms with Crippen molar-refractivity contribution >= 4 is 16.0 Å². The molecule has 0 fully saturated rings. The monoisotopic (exact) mass is 325 g/mol. The van der Waals surface area contributed by atoms with Crippen LogP contribution in [0.5, 0.6) is 0 Å². The largest absolute Gasteiger partial charge is 0.480 e. The number of nitrogens with zero attached hydrogens (tertiary/aromatic N) is 1. The number of carbonyl (C=O) groups is 1. The van der Waals surface area contributed by atoms with Crippen molar-refractivity contribution in [3.8, 4) is 0 Å². The Morgan fingerprint density at radius 1 is 1.19 bits per heavy atom. The molecule has 0 saturated carbocycles. The van der Waals surface area contributed by atoms with Crippen LogP contribution in [0, 0.1) is 0 Å². The van der Waals surface area contributed by atoms with Crippen LogP contribution in [0.3, 0.4) is 0 Å². The van der Waals surface area contributed by atoms with E-state index in [1.165, 1.54) is 0 Å². The summed E-state index contributed by atoms with van der Waals surface area (Å²) in [6.45, 7) is -3.02. The summed E-state index contributed by atoms with van der Waals surface area (Å²) in [6.07, 6.45) is -4.79. The molecule has 0 spiro atoms. The van der Waals surface area contributed by atoms with Crippen molar-refractivity contribution in [1.82, 2.24) is 4.31 Å². The maximum absolute atomic E-state index is 12.4. The average Bonchev–Trinajstić information content (AvgIpc) is 2.35. The average molecular weight is 325 g/mol. The normalized spacial score (nSPS) is 12.6. The molecule has 9 heteroatoms. The van der Waals surface area contributed by atoms with Crippen molar-refractivity contribution in [2.45, 2.75) is 12.6 Å². The first-order valence-electron chi connectivity index (χ1n) is 5.90. The van der Waals surface area contributed by atoms with E-state index < -0.39 is 41.0 Å². The number of halogens is 3. The van der Waals surface area contributed by atoms with Crippen LogP contribution in [0.4, 0.5) is 13.2 Å². The highest BCUT2D eigenvalue weighted by Crippen LogP contribution is 2.19. The Hall–Kier alpha value is -1.61. The predicted molar refractivity (Wildman–Crippen MR) is 69.2 cm³/mol. The second-order valence-corrected chi connectivity index (χ2v) is 6.42. The second kappa shape index (κ2) is 6.90. The Labute approximate surface area is 120 Å². The first-order chi connectivity index (χ1) is 9.60. The quantitative estimate of drug-likeness (QED) is 0.824. The highest BCUT2D eigenvalue weighted by atomic mass is 32.2. The van der Waals surface area contributed by atoms with Gasteiger partial charge in [0, 0.05) is 0 Å². The summed E-state index contributed by atoms with van der Waals surface area (Å²) in [7, 11) is -4.32. The van der Waals surface area contributed by atoms with Crippen LogP contribution in [0.25, 0.3) is 0 Å². The Bertz CT molecular complexity index is 572. The third kappa shape index (κ3) is 6.58. The summed E-state index contributed by atoms with van der Waals surface area (Å²) >= 11 is 0. The number of alkyl halides is 3. The first-order valence-corrected chi connectivity index (χ1v) is 7.51. The van der Waals surface area contributed by atoms with Crippen molar-refractivity contribution in [3.63, 3.8) is 0 Å². The minimum atomic E-state index is -4.80. The molecule has 0 bridgehead atoms. The van der Waals surface area contributed by atoms with Crippen LogP contribution in [0.15, 0.2) is 30.3 Å². The van der Waals surface area contributed by atoms with E-state index in [2.05, 4.69) is 0 Å². The molecule has 0 aliphatic heterocycles. The number of carboxylic acids is 1. The lowest BCUT2D eigenvalue weighted by atomic mass is 10.2. The molecule has 0 radical (unpaired) electrons. The van der Waals surface area contributed by atoms with Gasteiger partial charge in [0.2, 0.25) is 10.0 Å². The zero-order valence-corrected chi connectivity index (χ0v) is 11.7. The van der Waals surface area contributed by atoms with Crippen LogP contribution in [-0.4, -0.2) is 48.8 Å². The van der Waals surface area contributed by atoms with Gasteiger partial charge in [-0.2, -0.15) is 17.5 Å². The lowest BCUT2D eigenvalue weighted by Gasteiger charge is -2.21. The van der Waals surface area contributed by atoms with Gasteiger partial charge in [-0.05, 0) is 12.0 Å². The number of carboxylic acid groups (broad SMARTS) is 1. The van der Waals surface area contributed by atoms with Crippen LogP contribution in [0.1, 0.15) is 5.56 Å². The first kappa shape index (κ1) is 17.4. The summed E-state index contributed by atoms with van der Waals surface area (Å²) in [5, 5.41) is 8.56. The molecule has 21 heavy (non-hydrogen) atoms. The van der Waals surface area contributed by atoms with E-state index in [-0.39, 0.29) is 10.7 Å². The molecular weight excluding hydrogens is 311 g/mol. The molecule has 1 aromatic rings. The van der Waals surface area contributed by atoms with Crippen molar-refractivity contribution in [2.75, 3.05) is 18.8 Å². The van der Waals surface area contributed by atoms with E-state index in [1.54, 1.807) is 30.3 Å². The van der Waals surface area contributed by atoms with E-state index in [4.69, 9.17) is 5.11 Å². The molecule has 0 saturated heterocycles. The SMILES string of the molecule is O=C(O)CN(CC(F)(F)F)S(=O)(=O)CCc1ccccc1. The van der Waals surface area contributed by atoms with Crippen LogP contribution in [0.2, 0.25) is 0 Å². The molecule has 0 heterocycles. The third-order valence-corrected chi connectivity index (χ3v) is 4.32. The van der Waals surface area contributed by atoms with E-state index in [0.717, 1.165) is 0 Å². The number of hydrogen-bond donors (Lipinski definition) is 1. The van der Waals surface area contributed by atoms with Gasteiger partial charge in [0.25, 0.3) is 0 Å². The van der Waals surface area contributed by atoms with Gasteiger partial charge in [-0.3, -0.25) is 4.79 Å². The van der Waals surface area contributed by atoms with Gasteiger partial charge in [0.1, 0.15) is 13.1 Å². The fourth-order valence-electron chi connectivity index (χ4n) is 1.62. The van der Waals surface area contributed by atoms with Crippen LogP contribution in [-0.2, 0) is 21.2 Å². The molecule has 0 unspecified atom stereocenters. The molecule has 0 amide bonds. The molecule has 1 rings (SSSR count). The number of aliphatic carboxylic acids is 1. The zero-order chi connectivity index (χ0) is 16.1. The lowest BCUT2D eigenvalue weighted by Crippen LogP contribution is -2.43. The molecular formula is C12H14F3NO4S. The summed E-state index contributed by atoms with van der Waals surface area (Å²) in [6, 6.07) is 8.35. The molecule has 1 N–H and O–H groups in total. The summed E-state index contributed by atoms with van der Waals surface area (Å²) in [5.41, 5.74) is 0.642. The Morgan fingerprint density at radius 2 is 1.76 bits per heavy atom. The molecule has 0 atom stereocenters. The minimum absolute atomic E-state index is 0.0111. The van der Waals surface area contributed by atoms with E-state index >= 15 is 0 Å². The number of benzene rings is 1. The van der Waals surface area contributed by atoms with Crippen molar-refractivity contribution < 1.29 is 31.5 Å². The number of hydrogen-bond acceptors (Lipinski definition) is 3.